The van der Waals surface area contributed by atoms with Crippen LogP contribution in [0.25, 0.3) is 0 Å². The highest BCUT2D eigenvalue weighted by Crippen LogP contribution is 2.43. The molecule has 2 heterocycles. The molecule has 0 bridgehead atoms. The van der Waals surface area contributed by atoms with Crippen LogP contribution in [-0.2, 0) is 24.3 Å². The third kappa shape index (κ3) is 3.29. The lowest BCUT2D eigenvalue weighted by Crippen LogP contribution is -2.50. The number of hydrogen-bond donors (Lipinski definition) is 2. The summed E-state index contributed by atoms with van der Waals surface area (Å²) < 4.78 is 8.10. The number of fused-ring (bicyclic) bond motifs is 1. The van der Waals surface area contributed by atoms with Crippen LogP contribution < -0.4 is 10.1 Å². The van der Waals surface area contributed by atoms with Gasteiger partial charge in [-0.05, 0) is 64.7 Å². The van der Waals surface area contributed by atoms with Crippen molar-refractivity contribution in [1.82, 2.24) is 15.1 Å². The maximum atomic E-state index is 12.9. The van der Waals surface area contributed by atoms with Crippen LogP contribution >= 0.6 is 0 Å². The highest BCUT2D eigenvalue weighted by molar-refractivity contribution is 5.85. The number of ether oxygens (including phenoxy) is 1. The molecule has 0 saturated carbocycles. The Morgan fingerprint density at radius 2 is 2.00 bits per heavy atom. The first kappa shape index (κ1) is 19.3. The van der Waals surface area contributed by atoms with Crippen molar-refractivity contribution >= 4 is 5.91 Å². The average Bonchev–Trinajstić information content (AvgIpc) is 3.02. The van der Waals surface area contributed by atoms with Gasteiger partial charge in [0.2, 0.25) is 0 Å². The fraction of sp³-hybridized carbons (Fsp3) is 0.524. The quantitative estimate of drug-likeness (QED) is 0.865. The van der Waals surface area contributed by atoms with Crippen LogP contribution in [0.1, 0.15) is 53.8 Å². The number of carbonyl (C=O) groups is 1. The second-order valence-electron chi connectivity index (χ2n) is 7.64. The van der Waals surface area contributed by atoms with E-state index in [0.29, 0.717) is 25.1 Å². The molecule has 0 fully saturated rings. The number of rotatable bonds is 4. The van der Waals surface area contributed by atoms with E-state index >= 15 is 0 Å². The number of hydrogen-bond acceptors (Lipinski definition) is 4. The molecular formula is C21H29N3O3. The minimum atomic E-state index is -0.928. The molecule has 1 aliphatic rings. The first-order valence-electron chi connectivity index (χ1n) is 9.49. The van der Waals surface area contributed by atoms with Crippen LogP contribution in [0.3, 0.4) is 0 Å². The molecule has 1 atom stereocenters. The van der Waals surface area contributed by atoms with Crippen LogP contribution in [0.5, 0.6) is 11.5 Å². The minimum absolute atomic E-state index is 0.125. The molecule has 1 amide bonds. The Morgan fingerprint density at radius 3 is 2.63 bits per heavy atom. The van der Waals surface area contributed by atoms with Crippen molar-refractivity contribution in [3.63, 3.8) is 0 Å². The molecule has 0 spiro atoms. The average molecular weight is 371 g/mol. The zero-order valence-corrected chi connectivity index (χ0v) is 17.1. The molecule has 0 radical (unpaired) electrons. The summed E-state index contributed by atoms with van der Waals surface area (Å²) >= 11 is 0. The summed E-state index contributed by atoms with van der Waals surface area (Å²) in [6.45, 7) is 12.8. The lowest BCUT2D eigenvalue weighted by atomic mass is 9.86. The van der Waals surface area contributed by atoms with Gasteiger partial charge >= 0.3 is 0 Å². The molecule has 6 nitrogen and oxygen atoms in total. The summed E-state index contributed by atoms with van der Waals surface area (Å²) in [5.74, 6) is 0.938. The Morgan fingerprint density at radius 1 is 1.30 bits per heavy atom. The number of carbonyl (C=O) groups excluding carboxylic acids is 1. The number of aromatic hydroxyl groups is 1. The van der Waals surface area contributed by atoms with Gasteiger partial charge in [-0.15, -0.1) is 0 Å². The zero-order chi connectivity index (χ0) is 19.9. The number of nitrogens with zero attached hydrogens (tertiary/aromatic N) is 2. The second-order valence-corrected chi connectivity index (χ2v) is 7.64. The molecule has 1 aliphatic heterocycles. The minimum Gasteiger partial charge on any atom is -0.507 e. The Bertz CT molecular complexity index is 901. The van der Waals surface area contributed by atoms with Crippen LogP contribution in [-0.4, -0.2) is 26.4 Å². The van der Waals surface area contributed by atoms with E-state index in [1.54, 1.807) is 0 Å². The third-order valence-electron chi connectivity index (χ3n) is 5.81. The van der Waals surface area contributed by atoms with Crippen LogP contribution in [0.2, 0.25) is 0 Å². The fourth-order valence-electron chi connectivity index (χ4n) is 3.66. The van der Waals surface area contributed by atoms with Crippen molar-refractivity contribution in [2.24, 2.45) is 0 Å². The summed E-state index contributed by atoms with van der Waals surface area (Å²) in [6, 6.07) is 0. The first-order chi connectivity index (χ1) is 12.7. The Labute approximate surface area is 160 Å². The Kier molecular flexibility index (Phi) is 4.93. The predicted octanol–water partition coefficient (Wildman–Crippen LogP) is 3.24. The molecule has 0 saturated heterocycles. The standard InChI is InChI=1S/C21H29N3O3/c1-7-24-11-16(15(5)23-24)10-22-20(26)21(6)9-8-17-14(4)18(25)12(2)13(3)19(17)27-21/h11,25H,7-10H2,1-6H3,(H,22,26)/t21-/m0/s1. The number of nitrogens with one attached hydrogen (secondary N) is 1. The lowest BCUT2D eigenvalue weighted by Gasteiger charge is -2.36. The molecular weight excluding hydrogens is 342 g/mol. The van der Waals surface area contributed by atoms with Gasteiger partial charge in [-0.1, -0.05) is 0 Å². The van der Waals surface area contributed by atoms with Crippen LogP contribution in [0, 0.1) is 27.7 Å². The van der Waals surface area contributed by atoms with Gasteiger partial charge in [0.05, 0.1) is 5.69 Å². The fourth-order valence-corrected chi connectivity index (χ4v) is 3.66. The van der Waals surface area contributed by atoms with E-state index < -0.39 is 5.60 Å². The molecule has 3 rings (SSSR count). The number of aromatic nitrogens is 2. The van der Waals surface area contributed by atoms with Gasteiger partial charge in [-0.25, -0.2) is 0 Å². The number of benzene rings is 1. The summed E-state index contributed by atoms with van der Waals surface area (Å²) in [6.07, 6.45) is 3.24. The van der Waals surface area contributed by atoms with Gasteiger partial charge in [0, 0.05) is 36.8 Å². The molecule has 27 heavy (non-hydrogen) atoms. The van der Waals surface area contributed by atoms with E-state index in [-0.39, 0.29) is 5.91 Å². The number of phenolic OH excluding ortho intramolecular Hbond substituents is 1. The zero-order valence-electron chi connectivity index (χ0n) is 17.1. The van der Waals surface area contributed by atoms with Gasteiger partial charge in [-0.2, -0.15) is 5.10 Å². The number of amides is 1. The highest BCUT2D eigenvalue weighted by Gasteiger charge is 2.40. The molecule has 0 unspecified atom stereocenters. The topological polar surface area (TPSA) is 76.4 Å². The Balaban J connectivity index is 1.79. The molecule has 1 aromatic carbocycles. The SMILES string of the molecule is CCn1cc(CNC(=O)[C@]2(C)CCc3c(C)c(O)c(C)c(C)c3O2)c(C)n1. The van der Waals surface area contributed by atoms with Crippen molar-refractivity contribution in [1.29, 1.82) is 0 Å². The molecule has 0 aliphatic carbocycles. The van der Waals surface area contributed by atoms with Crippen molar-refractivity contribution in [3.05, 3.63) is 39.7 Å². The predicted molar refractivity (Wildman–Crippen MR) is 104 cm³/mol. The number of aryl methyl sites for hydroxylation is 2. The van der Waals surface area contributed by atoms with E-state index in [1.165, 1.54) is 0 Å². The normalized spacial score (nSPS) is 18.7. The van der Waals surface area contributed by atoms with E-state index in [2.05, 4.69) is 10.4 Å². The third-order valence-corrected chi connectivity index (χ3v) is 5.81. The van der Waals surface area contributed by atoms with E-state index in [4.69, 9.17) is 4.74 Å². The van der Waals surface area contributed by atoms with Crippen LogP contribution in [0.4, 0.5) is 0 Å². The van der Waals surface area contributed by atoms with Crippen molar-refractivity contribution in [3.8, 4) is 11.5 Å². The van der Waals surface area contributed by atoms with Gasteiger partial charge in [-0.3, -0.25) is 9.48 Å². The Hall–Kier alpha value is -2.50. The molecule has 1 aromatic heterocycles. The maximum Gasteiger partial charge on any atom is 0.264 e. The van der Waals surface area contributed by atoms with Gasteiger partial charge in [0.15, 0.2) is 5.60 Å². The second kappa shape index (κ2) is 6.91. The van der Waals surface area contributed by atoms with Crippen molar-refractivity contribution < 1.29 is 14.6 Å². The lowest BCUT2D eigenvalue weighted by molar-refractivity contribution is -0.137. The molecule has 2 N–H and O–H groups in total. The molecule has 146 valence electrons. The van der Waals surface area contributed by atoms with E-state index in [9.17, 15) is 9.90 Å². The van der Waals surface area contributed by atoms with Gasteiger partial charge < -0.3 is 15.2 Å². The summed E-state index contributed by atoms with van der Waals surface area (Å²) in [5, 5.41) is 17.7. The van der Waals surface area contributed by atoms with Crippen molar-refractivity contribution in [2.45, 2.75) is 73.1 Å². The summed E-state index contributed by atoms with van der Waals surface area (Å²) in [7, 11) is 0. The monoisotopic (exact) mass is 371 g/mol. The number of phenols is 1. The van der Waals surface area contributed by atoms with Crippen molar-refractivity contribution in [2.75, 3.05) is 0 Å². The first-order valence-corrected chi connectivity index (χ1v) is 9.49. The summed E-state index contributed by atoms with van der Waals surface area (Å²) in [4.78, 5) is 12.9. The molecule has 6 heteroatoms. The van der Waals surface area contributed by atoms with E-state index in [0.717, 1.165) is 45.8 Å². The maximum absolute atomic E-state index is 12.9. The molecule has 2 aromatic rings. The van der Waals surface area contributed by atoms with Crippen LogP contribution in [0.15, 0.2) is 6.20 Å². The highest BCUT2D eigenvalue weighted by atomic mass is 16.5. The summed E-state index contributed by atoms with van der Waals surface area (Å²) in [5.41, 5.74) is 4.56. The largest absolute Gasteiger partial charge is 0.507 e. The van der Waals surface area contributed by atoms with E-state index in [1.807, 2.05) is 52.4 Å². The van der Waals surface area contributed by atoms with Gasteiger partial charge in [0.1, 0.15) is 11.5 Å². The van der Waals surface area contributed by atoms with Gasteiger partial charge in [0.25, 0.3) is 5.91 Å². The smallest absolute Gasteiger partial charge is 0.264 e.